The fourth-order valence-corrected chi connectivity index (χ4v) is 4.71. The van der Waals surface area contributed by atoms with Crippen molar-refractivity contribution in [2.45, 2.75) is 6.54 Å². The van der Waals surface area contributed by atoms with Crippen molar-refractivity contribution < 1.29 is 12.8 Å². The van der Waals surface area contributed by atoms with E-state index in [4.69, 9.17) is 4.98 Å². The minimum absolute atomic E-state index is 0.0372. The third-order valence-corrected chi connectivity index (χ3v) is 6.64. The fraction of sp³-hybridized carbons (Fsp3) is 0.0769. The van der Waals surface area contributed by atoms with Crippen LogP contribution in [0.25, 0.3) is 55.8 Å². The zero-order chi connectivity index (χ0) is 25.6. The Hall–Kier alpha value is -4.48. The molecule has 2 aromatic carbocycles. The van der Waals surface area contributed by atoms with Gasteiger partial charge < -0.3 is 4.98 Å². The number of benzene rings is 2. The highest BCUT2D eigenvalue weighted by Gasteiger charge is 2.17. The van der Waals surface area contributed by atoms with Crippen LogP contribution in [-0.4, -0.2) is 44.8 Å². The molecule has 37 heavy (non-hydrogen) atoms. The number of pyridine rings is 2. The smallest absolute Gasteiger partial charge is 0.209 e. The van der Waals surface area contributed by atoms with E-state index in [1.165, 1.54) is 12.1 Å². The molecule has 0 atom stereocenters. The van der Waals surface area contributed by atoms with Gasteiger partial charge in [0.15, 0.2) is 5.82 Å². The molecule has 0 spiro atoms. The summed E-state index contributed by atoms with van der Waals surface area (Å²) in [4.78, 5) is 16.6. The number of aromatic amines is 2. The minimum atomic E-state index is -3.43. The Labute approximate surface area is 210 Å². The minimum Gasteiger partial charge on any atom is -0.336 e. The second-order valence-corrected chi connectivity index (χ2v) is 10.5. The molecule has 0 amide bonds. The van der Waals surface area contributed by atoms with Gasteiger partial charge in [0.2, 0.25) is 10.0 Å². The third kappa shape index (κ3) is 4.57. The second-order valence-electron chi connectivity index (χ2n) is 8.65. The van der Waals surface area contributed by atoms with Gasteiger partial charge in [0.25, 0.3) is 0 Å². The maximum atomic E-state index is 14.5. The summed E-state index contributed by atoms with van der Waals surface area (Å²) in [6, 6.07) is 16.0. The molecule has 0 fully saturated rings. The summed E-state index contributed by atoms with van der Waals surface area (Å²) in [5, 5.41) is 8.44. The normalized spacial score (nSPS) is 11.9. The molecular formula is C26H20FN7O2S. The van der Waals surface area contributed by atoms with Crippen LogP contribution in [0.15, 0.2) is 73.2 Å². The molecule has 3 N–H and O–H groups in total. The Bertz CT molecular complexity index is 1880. The van der Waals surface area contributed by atoms with Crippen LogP contribution in [0.3, 0.4) is 0 Å². The first-order chi connectivity index (χ1) is 17.8. The van der Waals surface area contributed by atoms with Crippen molar-refractivity contribution in [3.63, 3.8) is 0 Å². The van der Waals surface area contributed by atoms with Gasteiger partial charge in [-0.15, -0.1) is 0 Å². The molecular weight excluding hydrogens is 493 g/mol. The van der Waals surface area contributed by atoms with Crippen LogP contribution in [0.4, 0.5) is 4.39 Å². The van der Waals surface area contributed by atoms with E-state index in [2.05, 4.69) is 29.9 Å². The Kier molecular flexibility index (Phi) is 5.50. The van der Waals surface area contributed by atoms with Gasteiger partial charge in [-0.25, -0.2) is 22.5 Å². The third-order valence-electron chi connectivity index (χ3n) is 5.97. The first-order valence-corrected chi connectivity index (χ1v) is 13.2. The topological polar surface area (TPSA) is 129 Å². The summed E-state index contributed by atoms with van der Waals surface area (Å²) >= 11 is 0. The van der Waals surface area contributed by atoms with Crippen LogP contribution in [0, 0.1) is 5.82 Å². The van der Waals surface area contributed by atoms with Gasteiger partial charge in [-0.05, 0) is 65.2 Å². The number of imidazole rings is 1. The lowest BCUT2D eigenvalue weighted by Gasteiger charge is -2.07. The van der Waals surface area contributed by atoms with Crippen molar-refractivity contribution in [3.8, 4) is 33.9 Å². The van der Waals surface area contributed by atoms with Crippen LogP contribution < -0.4 is 4.72 Å². The fourth-order valence-electron chi connectivity index (χ4n) is 4.28. The van der Waals surface area contributed by atoms with Crippen LogP contribution in [0.5, 0.6) is 0 Å². The van der Waals surface area contributed by atoms with Gasteiger partial charge in [-0.3, -0.25) is 15.1 Å². The van der Waals surface area contributed by atoms with Crippen LogP contribution in [-0.2, 0) is 16.6 Å². The molecule has 11 heteroatoms. The highest BCUT2D eigenvalue weighted by atomic mass is 32.2. The molecule has 0 saturated carbocycles. The van der Waals surface area contributed by atoms with E-state index < -0.39 is 15.8 Å². The maximum absolute atomic E-state index is 14.5. The lowest BCUT2D eigenvalue weighted by molar-refractivity contribution is 0.586. The summed E-state index contributed by atoms with van der Waals surface area (Å²) in [5.74, 6) is 0.0389. The lowest BCUT2D eigenvalue weighted by atomic mass is 10.0. The summed E-state index contributed by atoms with van der Waals surface area (Å²) in [6.07, 6.45) is 6.17. The number of sulfonamides is 1. The first-order valence-electron chi connectivity index (χ1n) is 11.3. The average molecular weight is 514 g/mol. The number of nitrogens with one attached hydrogen (secondary N) is 3. The predicted octanol–water partition coefficient (Wildman–Crippen LogP) is 4.42. The highest BCUT2D eigenvalue weighted by Crippen LogP contribution is 2.32. The maximum Gasteiger partial charge on any atom is 0.209 e. The SMILES string of the molecule is CS(=O)(=O)NCc1cc(F)cc(-c2nccc3[nH]c(-c4n[nH]c5ccc(-c6ccncc6)cc45)nc23)c1. The standard InChI is InChI=1S/C26H20FN7O2S/c1-37(35,36)30-14-15-10-18(12-19(27)11-15)23-25-22(6-9-29-23)31-26(32-25)24-20-13-17(2-3-21(20)33-34-24)16-4-7-28-8-5-16/h2-13,30H,14H2,1H3,(H,31,32)(H,33,34). The molecule has 184 valence electrons. The van der Waals surface area contributed by atoms with Crippen molar-refractivity contribution in [3.05, 3.63) is 84.6 Å². The van der Waals surface area contributed by atoms with Gasteiger partial charge in [0.05, 0.1) is 23.0 Å². The van der Waals surface area contributed by atoms with E-state index >= 15 is 0 Å². The first kappa shape index (κ1) is 23.0. The highest BCUT2D eigenvalue weighted by molar-refractivity contribution is 7.88. The number of hydrogen-bond donors (Lipinski definition) is 3. The number of H-pyrrole nitrogens is 2. The molecule has 0 saturated heterocycles. The van der Waals surface area contributed by atoms with Crippen molar-refractivity contribution in [1.29, 1.82) is 0 Å². The van der Waals surface area contributed by atoms with Crippen molar-refractivity contribution in [2.24, 2.45) is 0 Å². The van der Waals surface area contributed by atoms with Gasteiger partial charge in [-0.2, -0.15) is 5.10 Å². The van der Waals surface area contributed by atoms with E-state index in [0.717, 1.165) is 28.3 Å². The zero-order valence-corrected chi connectivity index (χ0v) is 20.3. The van der Waals surface area contributed by atoms with E-state index in [0.29, 0.717) is 39.4 Å². The van der Waals surface area contributed by atoms with Gasteiger partial charge >= 0.3 is 0 Å². The van der Waals surface area contributed by atoms with Crippen molar-refractivity contribution >= 4 is 32.0 Å². The van der Waals surface area contributed by atoms with Crippen LogP contribution in [0.1, 0.15) is 5.56 Å². The second kappa shape index (κ2) is 8.87. The number of fused-ring (bicyclic) bond motifs is 2. The number of halogens is 1. The zero-order valence-electron chi connectivity index (χ0n) is 19.5. The van der Waals surface area contributed by atoms with Crippen LogP contribution in [0.2, 0.25) is 0 Å². The van der Waals surface area contributed by atoms with Gasteiger partial charge in [0.1, 0.15) is 17.0 Å². The van der Waals surface area contributed by atoms with E-state index in [9.17, 15) is 12.8 Å². The molecule has 6 aromatic rings. The van der Waals surface area contributed by atoms with Crippen molar-refractivity contribution in [2.75, 3.05) is 6.26 Å². The van der Waals surface area contributed by atoms with Crippen LogP contribution >= 0.6 is 0 Å². The number of hydrogen-bond acceptors (Lipinski definition) is 6. The number of aromatic nitrogens is 6. The summed E-state index contributed by atoms with van der Waals surface area (Å²) in [7, 11) is -3.43. The summed E-state index contributed by atoms with van der Waals surface area (Å²) in [5.41, 5.74) is 6.24. The average Bonchev–Trinajstić information content (AvgIpc) is 3.51. The van der Waals surface area contributed by atoms with Gasteiger partial charge in [0, 0.05) is 36.1 Å². The summed E-state index contributed by atoms with van der Waals surface area (Å²) < 4.78 is 39.8. The molecule has 4 heterocycles. The molecule has 0 radical (unpaired) electrons. The Balaban J connectivity index is 1.44. The molecule has 0 aliphatic carbocycles. The van der Waals surface area contributed by atoms with E-state index in [-0.39, 0.29) is 6.54 Å². The quantitative estimate of drug-likeness (QED) is 0.302. The Morgan fingerprint density at radius 2 is 1.73 bits per heavy atom. The molecule has 6 rings (SSSR count). The summed E-state index contributed by atoms with van der Waals surface area (Å²) in [6.45, 7) is -0.0372. The molecule has 0 aliphatic heterocycles. The molecule has 0 unspecified atom stereocenters. The molecule has 0 bridgehead atoms. The molecule has 9 nitrogen and oxygen atoms in total. The van der Waals surface area contributed by atoms with Gasteiger partial charge in [-0.1, -0.05) is 6.07 Å². The Morgan fingerprint density at radius 1 is 0.892 bits per heavy atom. The number of nitrogens with zero attached hydrogens (tertiary/aromatic N) is 4. The van der Waals surface area contributed by atoms with E-state index in [1.54, 1.807) is 30.7 Å². The number of rotatable bonds is 6. The van der Waals surface area contributed by atoms with E-state index in [1.807, 2.05) is 30.3 Å². The van der Waals surface area contributed by atoms with Crippen molar-refractivity contribution in [1.82, 2.24) is 34.9 Å². The largest absolute Gasteiger partial charge is 0.336 e. The molecule has 4 aromatic heterocycles. The predicted molar refractivity (Wildman–Crippen MR) is 139 cm³/mol. The monoisotopic (exact) mass is 513 g/mol. The Morgan fingerprint density at radius 3 is 2.54 bits per heavy atom. The lowest BCUT2D eigenvalue weighted by Crippen LogP contribution is -2.21. The molecule has 0 aliphatic rings.